The van der Waals surface area contributed by atoms with Crippen molar-refractivity contribution in [2.75, 3.05) is 6.54 Å². The molecule has 8 heteroatoms. The minimum atomic E-state index is -1.10. The van der Waals surface area contributed by atoms with Gasteiger partial charge in [0.15, 0.2) is 0 Å². The van der Waals surface area contributed by atoms with Gasteiger partial charge in [0.25, 0.3) is 0 Å². The number of carboxylic acids is 1. The third kappa shape index (κ3) is 7.09. The number of nitrogens with zero attached hydrogens (tertiary/aromatic N) is 1. The van der Waals surface area contributed by atoms with Gasteiger partial charge in [-0.05, 0) is 61.3 Å². The lowest BCUT2D eigenvalue weighted by Gasteiger charge is -2.45. The van der Waals surface area contributed by atoms with Gasteiger partial charge in [0.2, 0.25) is 0 Å². The molecule has 8 nitrogen and oxygen atoms in total. The maximum atomic E-state index is 12.5. The van der Waals surface area contributed by atoms with Gasteiger partial charge in [0, 0.05) is 12.6 Å². The lowest BCUT2D eigenvalue weighted by atomic mass is 9.83. The van der Waals surface area contributed by atoms with Crippen LogP contribution in [-0.4, -0.2) is 57.5 Å². The van der Waals surface area contributed by atoms with Crippen molar-refractivity contribution >= 4 is 18.2 Å². The van der Waals surface area contributed by atoms with Crippen molar-refractivity contribution in [1.82, 2.24) is 10.2 Å². The third-order valence-corrected chi connectivity index (χ3v) is 3.93. The molecular formula is C18H32N2O6. The van der Waals surface area contributed by atoms with Crippen molar-refractivity contribution in [2.45, 2.75) is 90.5 Å². The Morgan fingerprint density at radius 3 is 2.12 bits per heavy atom. The highest BCUT2D eigenvalue weighted by atomic mass is 16.6. The fourth-order valence-corrected chi connectivity index (χ4v) is 2.87. The molecule has 1 aliphatic rings. The molecule has 26 heavy (non-hydrogen) atoms. The zero-order valence-electron chi connectivity index (χ0n) is 16.8. The maximum absolute atomic E-state index is 12.5. The Bertz CT molecular complexity index is 549. The predicted octanol–water partition coefficient (Wildman–Crippen LogP) is 3.14. The second-order valence-corrected chi connectivity index (χ2v) is 8.97. The van der Waals surface area contributed by atoms with Crippen LogP contribution in [0.2, 0.25) is 0 Å². The zero-order chi connectivity index (χ0) is 20.3. The number of hydrogen-bond donors (Lipinski definition) is 2. The van der Waals surface area contributed by atoms with E-state index in [9.17, 15) is 19.5 Å². The van der Waals surface area contributed by atoms with E-state index in [0.717, 1.165) is 0 Å². The summed E-state index contributed by atoms with van der Waals surface area (Å²) in [4.78, 5) is 37.6. The van der Waals surface area contributed by atoms with Gasteiger partial charge in [-0.15, -0.1) is 0 Å². The first kappa shape index (κ1) is 22.1. The van der Waals surface area contributed by atoms with Gasteiger partial charge >= 0.3 is 18.2 Å². The van der Waals surface area contributed by atoms with Crippen LogP contribution < -0.4 is 5.32 Å². The Morgan fingerprint density at radius 2 is 1.65 bits per heavy atom. The molecular weight excluding hydrogens is 340 g/mol. The maximum Gasteiger partial charge on any atom is 0.410 e. The first-order chi connectivity index (χ1) is 11.6. The molecule has 1 heterocycles. The van der Waals surface area contributed by atoms with E-state index in [1.54, 1.807) is 41.5 Å². The van der Waals surface area contributed by atoms with E-state index < -0.39 is 34.9 Å². The average Bonchev–Trinajstić information content (AvgIpc) is 2.36. The number of aliphatic carboxylic acids is 1. The fourth-order valence-electron chi connectivity index (χ4n) is 2.87. The number of alkyl carbamates (subject to hydrolysis) is 1. The molecule has 0 spiro atoms. The highest BCUT2D eigenvalue weighted by molar-refractivity contribution is 5.74. The second kappa shape index (κ2) is 7.72. The molecule has 0 aromatic heterocycles. The molecule has 2 atom stereocenters. The second-order valence-electron chi connectivity index (χ2n) is 8.97. The van der Waals surface area contributed by atoms with Crippen LogP contribution in [0, 0.1) is 0 Å². The van der Waals surface area contributed by atoms with Gasteiger partial charge in [-0.3, -0.25) is 4.79 Å². The number of amides is 2. The Hall–Kier alpha value is -1.99. The molecule has 0 bridgehead atoms. The van der Waals surface area contributed by atoms with E-state index in [1.807, 2.05) is 6.92 Å². The molecule has 150 valence electrons. The predicted molar refractivity (Wildman–Crippen MR) is 96.0 cm³/mol. The molecule has 2 amide bonds. The van der Waals surface area contributed by atoms with Crippen molar-refractivity contribution in [3.05, 3.63) is 0 Å². The summed E-state index contributed by atoms with van der Waals surface area (Å²) < 4.78 is 10.7. The quantitative estimate of drug-likeness (QED) is 0.788. The van der Waals surface area contributed by atoms with E-state index in [0.29, 0.717) is 12.8 Å². The number of carbonyl (C=O) groups is 3. The highest BCUT2D eigenvalue weighted by Gasteiger charge is 2.44. The number of rotatable bonds is 3. The van der Waals surface area contributed by atoms with Crippen LogP contribution in [0.25, 0.3) is 0 Å². The van der Waals surface area contributed by atoms with Crippen LogP contribution in [0.3, 0.4) is 0 Å². The van der Waals surface area contributed by atoms with Crippen LogP contribution >= 0.6 is 0 Å². The summed E-state index contributed by atoms with van der Waals surface area (Å²) in [7, 11) is 0. The van der Waals surface area contributed by atoms with Crippen LogP contribution in [0.15, 0.2) is 0 Å². The number of piperidine rings is 1. The van der Waals surface area contributed by atoms with Gasteiger partial charge in [0.1, 0.15) is 11.2 Å². The summed E-state index contributed by atoms with van der Waals surface area (Å²) in [6.07, 6.45) is -0.553. The van der Waals surface area contributed by atoms with E-state index in [-0.39, 0.29) is 19.0 Å². The molecule has 0 aromatic carbocycles. The van der Waals surface area contributed by atoms with Crippen molar-refractivity contribution in [2.24, 2.45) is 0 Å². The summed E-state index contributed by atoms with van der Waals surface area (Å²) in [5.41, 5.74) is -2.47. The first-order valence-corrected chi connectivity index (χ1v) is 8.85. The minimum absolute atomic E-state index is 0.0502. The number of carbonyl (C=O) groups excluding carboxylic acids is 2. The van der Waals surface area contributed by atoms with Gasteiger partial charge in [0.05, 0.1) is 12.0 Å². The van der Waals surface area contributed by atoms with Crippen LogP contribution in [0.1, 0.15) is 67.7 Å². The van der Waals surface area contributed by atoms with Crippen molar-refractivity contribution in [1.29, 1.82) is 0 Å². The Kier molecular flexibility index (Phi) is 6.54. The van der Waals surface area contributed by atoms with Gasteiger partial charge in [-0.1, -0.05) is 0 Å². The Labute approximate surface area is 155 Å². The summed E-state index contributed by atoms with van der Waals surface area (Å²) in [5, 5.41) is 12.0. The molecule has 1 saturated heterocycles. The molecule has 0 aromatic rings. The van der Waals surface area contributed by atoms with Crippen molar-refractivity contribution in [3.8, 4) is 0 Å². The lowest BCUT2D eigenvalue weighted by Crippen LogP contribution is -2.63. The van der Waals surface area contributed by atoms with E-state index >= 15 is 0 Å². The van der Waals surface area contributed by atoms with Gasteiger partial charge in [-0.25, -0.2) is 9.59 Å². The van der Waals surface area contributed by atoms with Gasteiger partial charge in [-0.2, -0.15) is 0 Å². The summed E-state index contributed by atoms with van der Waals surface area (Å²) in [6.45, 7) is 12.4. The van der Waals surface area contributed by atoms with Crippen LogP contribution in [0.4, 0.5) is 9.59 Å². The minimum Gasteiger partial charge on any atom is -0.481 e. The van der Waals surface area contributed by atoms with E-state index in [1.165, 1.54) is 4.90 Å². The lowest BCUT2D eigenvalue weighted by molar-refractivity contribution is -0.139. The summed E-state index contributed by atoms with van der Waals surface area (Å²) >= 11 is 0. The van der Waals surface area contributed by atoms with Crippen LogP contribution in [0.5, 0.6) is 0 Å². The first-order valence-electron chi connectivity index (χ1n) is 8.85. The molecule has 1 rings (SSSR count). The zero-order valence-corrected chi connectivity index (χ0v) is 16.8. The smallest absolute Gasteiger partial charge is 0.410 e. The molecule has 1 fully saturated rings. The monoisotopic (exact) mass is 372 g/mol. The average molecular weight is 372 g/mol. The molecule has 1 aliphatic heterocycles. The van der Waals surface area contributed by atoms with E-state index in [4.69, 9.17) is 9.47 Å². The molecule has 2 N–H and O–H groups in total. The van der Waals surface area contributed by atoms with Crippen molar-refractivity contribution in [3.63, 3.8) is 0 Å². The SMILES string of the molecule is CC1CCC(CC(=O)O)(NC(=O)OC(C)(C)C)CN1C(=O)OC(C)(C)C. The normalized spacial score (nSPS) is 24.0. The highest BCUT2D eigenvalue weighted by Crippen LogP contribution is 2.30. The Balaban J connectivity index is 3.01. The third-order valence-electron chi connectivity index (χ3n) is 3.93. The Morgan fingerprint density at radius 1 is 1.12 bits per heavy atom. The largest absolute Gasteiger partial charge is 0.481 e. The molecule has 0 aliphatic carbocycles. The number of nitrogens with one attached hydrogen (secondary N) is 1. The van der Waals surface area contributed by atoms with Crippen LogP contribution in [-0.2, 0) is 14.3 Å². The number of likely N-dealkylation sites (tertiary alicyclic amines) is 1. The molecule has 2 unspecified atom stereocenters. The topological polar surface area (TPSA) is 105 Å². The standard InChI is InChI=1S/C18H32N2O6/c1-12-8-9-18(10-13(21)22,19-14(23)25-16(2,3)4)11-20(12)15(24)26-17(5,6)7/h12H,8-11H2,1-7H3,(H,19,23)(H,21,22). The number of carboxylic acid groups (broad SMARTS) is 1. The van der Waals surface area contributed by atoms with Crippen molar-refractivity contribution < 1.29 is 29.0 Å². The van der Waals surface area contributed by atoms with E-state index in [2.05, 4.69) is 5.32 Å². The molecule has 0 radical (unpaired) electrons. The summed E-state index contributed by atoms with van der Waals surface area (Å²) in [5.74, 6) is -1.06. The fraction of sp³-hybridized carbons (Fsp3) is 0.833. The van der Waals surface area contributed by atoms with Gasteiger partial charge < -0.3 is 24.8 Å². The molecule has 0 saturated carbocycles. The number of ether oxygens (including phenoxy) is 2. The number of hydrogen-bond acceptors (Lipinski definition) is 5. The summed E-state index contributed by atoms with van der Waals surface area (Å²) in [6, 6.07) is -0.118.